The van der Waals surface area contributed by atoms with E-state index < -0.39 is 0 Å². The number of amides is 1. The van der Waals surface area contributed by atoms with Crippen LogP contribution in [0.3, 0.4) is 0 Å². The molecule has 2 N–H and O–H groups in total. The number of ether oxygens (including phenoxy) is 1. The van der Waals surface area contributed by atoms with E-state index in [1.165, 1.54) is 0 Å². The Morgan fingerprint density at radius 2 is 2.05 bits per heavy atom. The summed E-state index contributed by atoms with van der Waals surface area (Å²) in [5, 5.41) is 6.55. The molecule has 0 aliphatic carbocycles. The van der Waals surface area contributed by atoms with Gasteiger partial charge < -0.3 is 15.4 Å². The van der Waals surface area contributed by atoms with Gasteiger partial charge in [0.25, 0.3) is 0 Å². The number of morpholine rings is 1. The summed E-state index contributed by atoms with van der Waals surface area (Å²) < 4.78 is 5.39. The van der Waals surface area contributed by atoms with E-state index in [1.54, 1.807) is 0 Å². The fourth-order valence-electron chi connectivity index (χ4n) is 3.10. The van der Waals surface area contributed by atoms with Crippen LogP contribution in [0.2, 0.25) is 0 Å². The van der Waals surface area contributed by atoms with Crippen molar-refractivity contribution in [3.63, 3.8) is 0 Å². The van der Waals surface area contributed by atoms with Gasteiger partial charge in [0.2, 0.25) is 5.91 Å². The van der Waals surface area contributed by atoms with Crippen molar-refractivity contribution in [2.24, 2.45) is 5.92 Å². The molecule has 0 unspecified atom stereocenters. The Bertz CT molecular complexity index is 333. The Hall–Kier alpha value is -0.360. The van der Waals surface area contributed by atoms with E-state index in [0.717, 1.165) is 45.7 Å². The Morgan fingerprint density at radius 1 is 1.38 bits per heavy atom. The Labute approximate surface area is 134 Å². The molecule has 5 nitrogen and oxygen atoms in total. The van der Waals surface area contributed by atoms with Crippen molar-refractivity contribution in [3.8, 4) is 0 Å². The Kier molecular flexibility index (Phi) is 7.40. The van der Waals surface area contributed by atoms with Crippen molar-refractivity contribution in [1.82, 2.24) is 15.5 Å². The molecule has 2 aliphatic heterocycles. The number of hydrogen-bond acceptors (Lipinski definition) is 4. The van der Waals surface area contributed by atoms with Crippen LogP contribution in [0.1, 0.15) is 33.6 Å². The first kappa shape index (κ1) is 18.7. The van der Waals surface area contributed by atoms with E-state index in [9.17, 15) is 4.79 Å². The lowest BCUT2D eigenvalue weighted by atomic mass is 9.92. The maximum Gasteiger partial charge on any atom is 0.223 e. The summed E-state index contributed by atoms with van der Waals surface area (Å²) in [7, 11) is 0. The minimum absolute atomic E-state index is 0. The fraction of sp³-hybridized carbons (Fsp3) is 0.933. The molecule has 2 saturated heterocycles. The summed E-state index contributed by atoms with van der Waals surface area (Å²) in [5.74, 6) is 0.395. The van der Waals surface area contributed by atoms with Crippen LogP contribution < -0.4 is 10.6 Å². The number of piperidine rings is 1. The van der Waals surface area contributed by atoms with E-state index in [2.05, 4.69) is 36.3 Å². The van der Waals surface area contributed by atoms with Gasteiger partial charge in [-0.05, 0) is 40.2 Å². The first-order valence-corrected chi connectivity index (χ1v) is 7.83. The highest BCUT2D eigenvalue weighted by atomic mass is 35.5. The summed E-state index contributed by atoms with van der Waals surface area (Å²) >= 11 is 0. The van der Waals surface area contributed by atoms with Crippen LogP contribution in [0, 0.1) is 5.92 Å². The van der Waals surface area contributed by atoms with E-state index in [4.69, 9.17) is 4.74 Å². The molecule has 2 atom stereocenters. The second-order valence-corrected chi connectivity index (χ2v) is 6.71. The molecule has 21 heavy (non-hydrogen) atoms. The molecular formula is C15H30ClN3O2. The second kappa shape index (κ2) is 8.32. The average molecular weight is 320 g/mol. The summed E-state index contributed by atoms with van der Waals surface area (Å²) in [6.45, 7) is 11.7. The largest absolute Gasteiger partial charge is 0.379 e. The molecule has 0 radical (unpaired) electrons. The van der Waals surface area contributed by atoms with Gasteiger partial charge in [0.15, 0.2) is 0 Å². The molecule has 1 amide bonds. The summed E-state index contributed by atoms with van der Waals surface area (Å²) in [6, 6.07) is 0.451. The zero-order chi connectivity index (χ0) is 14.6. The molecule has 6 heteroatoms. The molecule has 0 aromatic heterocycles. The molecular weight excluding hydrogens is 290 g/mol. The van der Waals surface area contributed by atoms with Crippen molar-refractivity contribution < 1.29 is 9.53 Å². The molecule has 124 valence electrons. The summed E-state index contributed by atoms with van der Waals surface area (Å²) in [5.41, 5.74) is -0.00201. The normalized spacial score (nSPS) is 27.8. The van der Waals surface area contributed by atoms with Crippen molar-refractivity contribution in [1.29, 1.82) is 0 Å². The van der Waals surface area contributed by atoms with E-state index >= 15 is 0 Å². The van der Waals surface area contributed by atoms with Crippen LogP contribution in [-0.4, -0.2) is 61.8 Å². The lowest BCUT2D eigenvalue weighted by Gasteiger charge is -2.41. The van der Waals surface area contributed by atoms with Gasteiger partial charge in [-0.25, -0.2) is 0 Å². The molecule has 0 bridgehead atoms. The lowest BCUT2D eigenvalue weighted by molar-refractivity contribution is -0.126. The molecule has 2 heterocycles. The van der Waals surface area contributed by atoms with Gasteiger partial charge in [-0.2, -0.15) is 0 Å². The SMILES string of the molecule is C[C@H]1C[C@@H](C(=O)NCC(C)(C)N2CCOCC2)CCN1.Cl. The number of carbonyl (C=O) groups is 1. The van der Waals surface area contributed by atoms with Crippen LogP contribution in [0.15, 0.2) is 0 Å². The summed E-state index contributed by atoms with van der Waals surface area (Å²) in [4.78, 5) is 14.7. The first-order valence-electron chi connectivity index (χ1n) is 7.83. The van der Waals surface area contributed by atoms with E-state index in [1.807, 2.05) is 0 Å². The maximum atomic E-state index is 12.3. The van der Waals surface area contributed by atoms with Crippen LogP contribution in [0.4, 0.5) is 0 Å². The predicted octanol–water partition coefficient (Wildman–Crippen LogP) is 1.02. The van der Waals surface area contributed by atoms with Gasteiger partial charge >= 0.3 is 0 Å². The van der Waals surface area contributed by atoms with Crippen LogP contribution >= 0.6 is 12.4 Å². The van der Waals surface area contributed by atoms with Gasteiger partial charge in [0.05, 0.1) is 13.2 Å². The topological polar surface area (TPSA) is 53.6 Å². The molecule has 0 aromatic carbocycles. The maximum absolute atomic E-state index is 12.3. The predicted molar refractivity (Wildman–Crippen MR) is 86.9 cm³/mol. The van der Waals surface area contributed by atoms with Gasteiger partial charge in [-0.1, -0.05) is 0 Å². The van der Waals surface area contributed by atoms with Gasteiger partial charge in [-0.3, -0.25) is 9.69 Å². The number of hydrogen-bond donors (Lipinski definition) is 2. The summed E-state index contributed by atoms with van der Waals surface area (Å²) in [6.07, 6.45) is 1.90. The highest BCUT2D eigenvalue weighted by molar-refractivity contribution is 5.85. The number of halogens is 1. The highest BCUT2D eigenvalue weighted by Crippen LogP contribution is 2.18. The van der Waals surface area contributed by atoms with Crippen molar-refractivity contribution in [3.05, 3.63) is 0 Å². The molecule has 2 aliphatic rings. The Morgan fingerprint density at radius 3 is 2.67 bits per heavy atom. The fourth-order valence-corrected chi connectivity index (χ4v) is 3.10. The standard InChI is InChI=1S/C15H29N3O2.ClH/c1-12-10-13(4-5-16-12)14(19)17-11-15(2,3)18-6-8-20-9-7-18;/h12-13,16H,4-11H2,1-3H3,(H,17,19);1H/t12-,13-;/m0./s1. The molecule has 2 fully saturated rings. The molecule has 0 aromatic rings. The number of rotatable bonds is 4. The molecule has 0 spiro atoms. The number of nitrogens with one attached hydrogen (secondary N) is 2. The van der Waals surface area contributed by atoms with Gasteiger partial charge in [0, 0.05) is 37.1 Å². The van der Waals surface area contributed by atoms with Crippen LogP contribution in [-0.2, 0) is 9.53 Å². The zero-order valence-electron chi connectivity index (χ0n) is 13.5. The van der Waals surface area contributed by atoms with E-state index in [-0.39, 0.29) is 29.8 Å². The minimum atomic E-state index is -0.00201. The zero-order valence-corrected chi connectivity index (χ0v) is 14.3. The first-order chi connectivity index (χ1) is 9.49. The van der Waals surface area contributed by atoms with Crippen molar-refractivity contribution in [2.45, 2.75) is 45.2 Å². The van der Waals surface area contributed by atoms with Crippen molar-refractivity contribution >= 4 is 18.3 Å². The van der Waals surface area contributed by atoms with E-state index in [0.29, 0.717) is 12.6 Å². The highest BCUT2D eigenvalue weighted by Gasteiger charge is 2.30. The molecule has 2 rings (SSSR count). The van der Waals surface area contributed by atoms with Crippen LogP contribution in [0.25, 0.3) is 0 Å². The third-order valence-corrected chi connectivity index (χ3v) is 4.56. The number of carbonyl (C=O) groups excluding carboxylic acids is 1. The van der Waals surface area contributed by atoms with Crippen LogP contribution in [0.5, 0.6) is 0 Å². The minimum Gasteiger partial charge on any atom is -0.379 e. The third kappa shape index (κ3) is 5.40. The van der Waals surface area contributed by atoms with Gasteiger partial charge in [-0.15, -0.1) is 12.4 Å². The monoisotopic (exact) mass is 319 g/mol. The number of nitrogens with zero attached hydrogens (tertiary/aromatic N) is 1. The Balaban J connectivity index is 0.00000220. The van der Waals surface area contributed by atoms with Crippen molar-refractivity contribution in [2.75, 3.05) is 39.4 Å². The quantitative estimate of drug-likeness (QED) is 0.812. The third-order valence-electron chi connectivity index (χ3n) is 4.56. The second-order valence-electron chi connectivity index (χ2n) is 6.71. The molecule has 0 saturated carbocycles. The van der Waals surface area contributed by atoms with Gasteiger partial charge in [0.1, 0.15) is 0 Å². The average Bonchev–Trinajstić information content (AvgIpc) is 2.46. The lowest BCUT2D eigenvalue weighted by Crippen LogP contribution is -2.56. The smallest absolute Gasteiger partial charge is 0.223 e.